The lowest BCUT2D eigenvalue weighted by Crippen LogP contribution is -2.38. The summed E-state index contributed by atoms with van der Waals surface area (Å²) >= 11 is 5.56. The maximum atomic E-state index is 9.37. The molecule has 70 valence electrons. The molecule has 1 N–H and O–H groups in total. The van der Waals surface area contributed by atoms with Gasteiger partial charge >= 0.3 is 0 Å². The number of halogens is 1. The van der Waals surface area contributed by atoms with Crippen molar-refractivity contribution in [1.29, 1.82) is 0 Å². The van der Waals surface area contributed by atoms with Gasteiger partial charge in [-0.15, -0.1) is 11.6 Å². The SMILES string of the molecule is OC(CCl)CN1CC2CCC1C2. The highest BCUT2D eigenvalue weighted by Crippen LogP contribution is 2.37. The second-order valence-electron chi connectivity index (χ2n) is 4.09. The van der Waals surface area contributed by atoms with Crippen LogP contribution in [0.5, 0.6) is 0 Å². The molecule has 2 rings (SSSR count). The fourth-order valence-electron chi connectivity index (χ4n) is 2.57. The number of nitrogens with zero attached hydrogens (tertiary/aromatic N) is 1. The number of rotatable bonds is 3. The molecule has 2 nitrogen and oxygen atoms in total. The van der Waals surface area contributed by atoms with Gasteiger partial charge in [0.15, 0.2) is 0 Å². The number of likely N-dealkylation sites (tertiary alicyclic amines) is 1. The molecule has 1 aliphatic heterocycles. The third-order valence-electron chi connectivity index (χ3n) is 3.15. The fourth-order valence-corrected chi connectivity index (χ4v) is 2.67. The molecule has 3 atom stereocenters. The minimum Gasteiger partial charge on any atom is -0.391 e. The van der Waals surface area contributed by atoms with Crippen molar-refractivity contribution < 1.29 is 5.11 Å². The number of aliphatic hydroxyl groups excluding tert-OH is 1. The number of aliphatic hydroxyl groups is 1. The third-order valence-corrected chi connectivity index (χ3v) is 3.50. The summed E-state index contributed by atoms with van der Waals surface area (Å²) in [7, 11) is 0. The summed E-state index contributed by atoms with van der Waals surface area (Å²) in [5.41, 5.74) is 0. The van der Waals surface area contributed by atoms with Gasteiger partial charge in [0.1, 0.15) is 0 Å². The van der Waals surface area contributed by atoms with Gasteiger partial charge in [0, 0.05) is 25.0 Å². The molecule has 1 saturated carbocycles. The van der Waals surface area contributed by atoms with Crippen molar-refractivity contribution in [1.82, 2.24) is 4.90 Å². The van der Waals surface area contributed by atoms with Crippen LogP contribution in [0.4, 0.5) is 0 Å². The monoisotopic (exact) mass is 189 g/mol. The predicted octanol–water partition coefficient (Wildman–Crippen LogP) is 1.07. The maximum absolute atomic E-state index is 9.37. The van der Waals surface area contributed by atoms with Gasteiger partial charge in [0.2, 0.25) is 0 Å². The molecule has 0 radical (unpaired) electrons. The van der Waals surface area contributed by atoms with Gasteiger partial charge in [0.05, 0.1) is 6.10 Å². The summed E-state index contributed by atoms with van der Waals surface area (Å²) in [6.45, 7) is 1.98. The number of hydrogen-bond acceptors (Lipinski definition) is 2. The molecule has 0 aromatic heterocycles. The van der Waals surface area contributed by atoms with Gasteiger partial charge in [-0.25, -0.2) is 0 Å². The van der Waals surface area contributed by atoms with E-state index in [2.05, 4.69) is 4.90 Å². The molecule has 2 fully saturated rings. The Hall–Kier alpha value is 0.210. The lowest BCUT2D eigenvalue weighted by Gasteiger charge is -2.28. The minimum absolute atomic E-state index is 0.328. The number of fused-ring (bicyclic) bond motifs is 2. The van der Waals surface area contributed by atoms with Gasteiger partial charge in [-0.2, -0.15) is 0 Å². The summed E-state index contributed by atoms with van der Waals surface area (Å²) in [5, 5.41) is 9.37. The average Bonchev–Trinajstić information content (AvgIpc) is 2.64. The van der Waals surface area contributed by atoms with E-state index < -0.39 is 0 Å². The van der Waals surface area contributed by atoms with E-state index in [1.54, 1.807) is 0 Å². The van der Waals surface area contributed by atoms with Crippen LogP contribution in [0.3, 0.4) is 0 Å². The van der Waals surface area contributed by atoms with Crippen LogP contribution in [0.1, 0.15) is 19.3 Å². The number of hydrogen-bond donors (Lipinski definition) is 1. The summed E-state index contributed by atoms with van der Waals surface area (Å²) < 4.78 is 0. The zero-order chi connectivity index (χ0) is 8.55. The molecular weight excluding hydrogens is 174 g/mol. The smallest absolute Gasteiger partial charge is 0.0802 e. The van der Waals surface area contributed by atoms with Crippen molar-refractivity contribution in [3.05, 3.63) is 0 Å². The van der Waals surface area contributed by atoms with Crippen LogP contribution in [0.25, 0.3) is 0 Å². The highest BCUT2D eigenvalue weighted by Gasteiger charge is 2.37. The molecule has 0 spiro atoms. The molecule has 1 saturated heterocycles. The molecule has 0 amide bonds. The van der Waals surface area contributed by atoms with Crippen molar-refractivity contribution >= 4 is 11.6 Å². The average molecular weight is 190 g/mol. The molecule has 1 heterocycles. The third kappa shape index (κ3) is 1.61. The lowest BCUT2D eigenvalue weighted by atomic mass is 10.1. The summed E-state index contributed by atoms with van der Waals surface area (Å²) in [6, 6.07) is 0.757. The minimum atomic E-state index is -0.328. The van der Waals surface area contributed by atoms with E-state index in [0.717, 1.165) is 18.5 Å². The highest BCUT2D eigenvalue weighted by atomic mass is 35.5. The molecule has 0 aromatic rings. The van der Waals surface area contributed by atoms with E-state index in [1.807, 2.05) is 0 Å². The Balaban J connectivity index is 1.82. The van der Waals surface area contributed by atoms with E-state index in [1.165, 1.54) is 25.8 Å². The molecule has 1 aliphatic carbocycles. The van der Waals surface area contributed by atoms with E-state index in [4.69, 9.17) is 11.6 Å². The topological polar surface area (TPSA) is 23.5 Å². The predicted molar refractivity (Wildman–Crippen MR) is 49.4 cm³/mol. The van der Waals surface area contributed by atoms with Crippen LogP contribution in [0, 0.1) is 5.92 Å². The first-order valence-electron chi connectivity index (χ1n) is 4.77. The zero-order valence-corrected chi connectivity index (χ0v) is 8.00. The van der Waals surface area contributed by atoms with Crippen LogP contribution in [0.15, 0.2) is 0 Å². The van der Waals surface area contributed by atoms with Gasteiger partial charge < -0.3 is 5.11 Å². The summed E-state index contributed by atoms with van der Waals surface area (Å²) in [4.78, 5) is 2.40. The van der Waals surface area contributed by atoms with E-state index >= 15 is 0 Å². The van der Waals surface area contributed by atoms with E-state index in [-0.39, 0.29) is 6.10 Å². The Bertz CT molecular complexity index is 165. The Morgan fingerprint density at radius 1 is 1.50 bits per heavy atom. The van der Waals surface area contributed by atoms with E-state index in [9.17, 15) is 5.11 Å². The normalized spacial score (nSPS) is 37.5. The molecule has 3 unspecified atom stereocenters. The number of β-amino-alcohol motifs (C(OH)–C–C–N with tert-alkyl or cyclic N) is 1. The lowest BCUT2D eigenvalue weighted by molar-refractivity contribution is 0.109. The van der Waals surface area contributed by atoms with Crippen LogP contribution in [0.2, 0.25) is 0 Å². The Morgan fingerprint density at radius 2 is 2.33 bits per heavy atom. The number of alkyl halides is 1. The molecule has 3 heteroatoms. The second-order valence-corrected chi connectivity index (χ2v) is 4.40. The molecule has 0 aromatic carbocycles. The summed E-state index contributed by atoms with van der Waals surface area (Å²) in [6.07, 6.45) is 3.76. The van der Waals surface area contributed by atoms with Crippen LogP contribution in [-0.2, 0) is 0 Å². The maximum Gasteiger partial charge on any atom is 0.0802 e. The quantitative estimate of drug-likeness (QED) is 0.672. The first-order chi connectivity index (χ1) is 5.79. The molecule has 2 bridgehead atoms. The Kier molecular flexibility index (Phi) is 2.58. The first-order valence-corrected chi connectivity index (χ1v) is 5.31. The molecule has 2 aliphatic rings. The van der Waals surface area contributed by atoms with Gasteiger partial charge in [0.25, 0.3) is 0 Å². The van der Waals surface area contributed by atoms with Gasteiger partial charge in [-0.3, -0.25) is 4.90 Å². The van der Waals surface area contributed by atoms with Crippen molar-refractivity contribution in [2.45, 2.75) is 31.4 Å². The Labute approximate surface area is 78.5 Å². The molecule has 12 heavy (non-hydrogen) atoms. The Morgan fingerprint density at radius 3 is 2.83 bits per heavy atom. The van der Waals surface area contributed by atoms with E-state index in [0.29, 0.717) is 5.88 Å². The van der Waals surface area contributed by atoms with Crippen molar-refractivity contribution in [2.75, 3.05) is 19.0 Å². The largest absolute Gasteiger partial charge is 0.391 e. The molecular formula is C9H16ClNO. The fraction of sp³-hybridized carbons (Fsp3) is 1.00. The van der Waals surface area contributed by atoms with Gasteiger partial charge in [-0.05, 0) is 25.2 Å². The van der Waals surface area contributed by atoms with Crippen molar-refractivity contribution in [2.24, 2.45) is 5.92 Å². The van der Waals surface area contributed by atoms with Crippen molar-refractivity contribution in [3.8, 4) is 0 Å². The zero-order valence-electron chi connectivity index (χ0n) is 7.25. The summed E-state index contributed by atoms with van der Waals surface area (Å²) in [5.74, 6) is 1.28. The van der Waals surface area contributed by atoms with Crippen molar-refractivity contribution in [3.63, 3.8) is 0 Å². The van der Waals surface area contributed by atoms with Crippen LogP contribution in [-0.4, -0.2) is 41.1 Å². The van der Waals surface area contributed by atoms with Gasteiger partial charge in [-0.1, -0.05) is 0 Å². The number of piperidine rings is 1. The highest BCUT2D eigenvalue weighted by molar-refractivity contribution is 6.18. The standard InChI is InChI=1S/C9H16ClNO/c10-4-9(12)6-11-5-7-1-2-8(11)3-7/h7-9,12H,1-6H2. The van der Waals surface area contributed by atoms with Crippen LogP contribution < -0.4 is 0 Å². The second kappa shape index (κ2) is 3.52. The van der Waals surface area contributed by atoms with Crippen LogP contribution >= 0.6 is 11.6 Å². The first kappa shape index (κ1) is 8.79.